The van der Waals surface area contributed by atoms with Gasteiger partial charge in [0, 0.05) is 30.0 Å². The van der Waals surface area contributed by atoms with Crippen molar-refractivity contribution in [3.63, 3.8) is 0 Å². The fourth-order valence-electron chi connectivity index (χ4n) is 3.03. The van der Waals surface area contributed by atoms with Crippen LogP contribution in [0.4, 0.5) is 0 Å². The molecule has 2 aliphatic heterocycles. The van der Waals surface area contributed by atoms with Gasteiger partial charge in [-0.2, -0.15) is 0 Å². The van der Waals surface area contributed by atoms with Gasteiger partial charge >= 0.3 is 0 Å². The maximum absolute atomic E-state index is 9.61. The smallest absolute Gasteiger partial charge is 0.158 e. The van der Waals surface area contributed by atoms with E-state index in [-0.39, 0.29) is 6.10 Å². The monoisotopic (exact) mass is 263 g/mol. The number of ether oxygens (including phenoxy) is 1. The first kappa shape index (κ1) is 13.0. The van der Waals surface area contributed by atoms with Gasteiger partial charge in [-0.1, -0.05) is 0 Å². The summed E-state index contributed by atoms with van der Waals surface area (Å²) in [5.74, 6) is 0.743. The minimum Gasteiger partial charge on any atom is -0.389 e. The SMILES string of the molecule is Cc1nc(C2CN3CCCC3CO2)ncc1[C@H](C)O. The van der Waals surface area contributed by atoms with E-state index in [1.54, 1.807) is 13.1 Å². The third kappa shape index (κ3) is 2.50. The van der Waals surface area contributed by atoms with Gasteiger partial charge in [0.25, 0.3) is 0 Å². The molecule has 1 N–H and O–H groups in total. The quantitative estimate of drug-likeness (QED) is 0.873. The molecule has 0 spiro atoms. The van der Waals surface area contributed by atoms with Crippen LogP contribution in [0.25, 0.3) is 0 Å². The highest BCUT2D eigenvalue weighted by Gasteiger charge is 2.34. The number of rotatable bonds is 2. The van der Waals surface area contributed by atoms with Gasteiger partial charge < -0.3 is 9.84 Å². The Kier molecular flexibility index (Phi) is 3.52. The van der Waals surface area contributed by atoms with Crippen LogP contribution in [0.2, 0.25) is 0 Å². The van der Waals surface area contributed by atoms with Gasteiger partial charge in [-0.05, 0) is 33.2 Å². The topological polar surface area (TPSA) is 58.5 Å². The van der Waals surface area contributed by atoms with Gasteiger partial charge in [-0.25, -0.2) is 9.97 Å². The summed E-state index contributed by atoms with van der Waals surface area (Å²) in [6.45, 7) is 6.48. The number of aliphatic hydroxyl groups excluding tert-OH is 1. The van der Waals surface area contributed by atoms with E-state index >= 15 is 0 Å². The molecule has 19 heavy (non-hydrogen) atoms. The van der Waals surface area contributed by atoms with Crippen molar-refractivity contribution >= 4 is 0 Å². The predicted molar refractivity (Wildman–Crippen MR) is 70.7 cm³/mol. The van der Waals surface area contributed by atoms with Crippen LogP contribution in [-0.4, -0.2) is 45.7 Å². The molecule has 1 aromatic rings. The number of aryl methyl sites for hydroxylation is 1. The molecule has 3 heterocycles. The van der Waals surface area contributed by atoms with Gasteiger partial charge in [0.2, 0.25) is 0 Å². The summed E-state index contributed by atoms with van der Waals surface area (Å²) in [5, 5.41) is 9.61. The van der Waals surface area contributed by atoms with Gasteiger partial charge in [0.1, 0.15) is 6.10 Å². The molecule has 2 aliphatic rings. The normalized spacial score (nSPS) is 29.2. The lowest BCUT2D eigenvalue weighted by Crippen LogP contribution is -2.42. The first-order valence-electron chi connectivity index (χ1n) is 7.02. The van der Waals surface area contributed by atoms with Gasteiger partial charge in [0.15, 0.2) is 5.82 Å². The summed E-state index contributed by atoms with van der Waals surface area (Å²) in [6, 6.07) is 0.592. The molecule has 2 saturated heterocycles. The third-order valence-corrected chi connectivity index (χ3v) is 4.16. The summed E-state index contributed by atoms with van der Waals surface area (Å²) in [6.07, 6.45) is 3.68. The van der Waals surface area contributed by atoms with Crippen molar-refractivity contribution in [1.82, 2.24) is 14.9 Å². The summed E-state index contributed by atoms with van der Waals surface area (Å²) in [4.78, 5) is 11.4. The molecule has 0 aromatic carbocycles. The number of aliphatic hydroxyl groups is 1. The second-order valence-electron chi connectivity index (χ2n) is 5.56. The zero-order valence-corrected chi connectivity index (χ0v) is 11.5. The molecule has 3 atom stereocenters. The summed E-state index contributed by atoms with van der Waals surface area (Å²) in [7, 11) is 0. The lowest BCUT2D eigenvalue weighted by molar-refractivity contribution is -0.0542. The zero-order valence-electron chi connectivity index (χ0n) is 11.5. The van der Waals surface area contributed by atoms with Crippen molar-refractivity contribution in [1.29, 1.82) is 0 Å². The summed E-state index contributed by atoms with van der Waals surface area (Å²) < 4.78 is 5.90. The van der Waals surface area contributed by atoms with E-state index in [0.717, 1.165) is 36.8 Å². The molecule has 5 heteroatoms. The van der Waals surface area contributed by atoms with Crippen LogP contribution >= 0.6 is 0 Å². The highest BCUT2D eigenvalue weighted by atomic mass is 16.5. The van der Waals surface area contributed by atoms with E-state index in [2.05, 4.69) is 14.9 Å². The first-order chi connectivity index (χ1) is 9.15. The van der Waals surface area contributed by atoms with E-state index in [4.69, 9.17) is 4.74 Å². The number of hydrogen-bond donors (Lipinski definition) is 1. The summed E-state index contributed by atoms with van der Waals surface area (Å²) >= 11 is 0. The van der Waals surface area contributed by atoms with Crippen LogP contribution in [-0.2, 0) is 4.74 Å². The van der Waals surface area contributed by atoms with E-state index in [1.807, 2.05) is 6.92 Å². The third-order valence-electron chi connectivity index (χ3n) is 4.16. The Morgan fingerprint density at radius 1 is 1.53 bits per heavy atom. The minimum atomic E-state index is -0.524. The lowest BCUT2D eigenvalue weighted by atomic mass is 10.1. The average Bonchev–Trinajstić information content (AvgIpc) is 2.85. The highest BCUT2D eigenvalue weighted by Crippen LogP contribution is 2.29. The number of hydrogen-bond acceptors (Lipinski definition) is 5. The number of aromatic nitrogens is 2. The molecule has 0 bridgehead atoms. The maximum atomic E-state index is 9.61. The lowest BCUT2D eigenvalue weighted by Gasteiger charge is -2.34. The molecule has 0 radical (unpaired) electrons. The molecule has 0 aliphatic carbocycles. The van der Waals surface area contributed by atoms with Crippen LogP contribution in [0.3, 0.4) is 0 Å². The second-order valence-corrected chi connectivity index (χ2v) is 5.56. The first-order valence-corrected chi connectivity index (χ1v) is 7.02. The number of nitrogens with zero attached hydrogens (tertiary/aromatic N) is 3. The number of morpholine rings is 1. The van der Waals surface area contributed by atoms with Gasteiger partial charge in [-0.3, -0.25) is 4.90 Å². The molecule has 3 rings (SSSR count). The second kappa shape index (κ2) is 5.15. The fraction of sp³-hybridized carbons (Fsp3) is 0.714. The van der Waals surface area contributed by atoms with E-state index in [1.165, 1.54) is 12.8 Å². The average molecular weight is 263 g/mol. The molecule has 2 unspecified atom stereocenters. The Bertz CT molecular complexity index is 464. The van der Waals surface area contributed by atoms with Crippen LogP contribution in [0.15, 0.2) is 6.20 Å². The van der Waals surface area contributed by atoms with Crippen molar-refractivity contribution in [3.05, 3.63) is 23.3 Å². The van der Waals surface area contributed by atoms with Crippen LogP contribution in [0, 0.1) is 6.92 Å². The number of fused-ring (bicyclic) bond motifs is 1. The summed E-state index contributed by atoms with van der Waals surface area (Å²) in [5.41, 5.74) is 1.63. The fourth-order valence-corrected chi connectivity index (χ4v) is 3.03. The molecule has 2 fully saturated rings. The van der Waals surface area contributed by atoms with Crippen molar-refractivity contribution in [2.45, 2.75) is 44.9 Å². The van der Waals surface area contributed by atoms with Crippen LogP contribution < -0.4 is 0 Å². The van der Waals surface area contributed by atoms with Gasteiger partial charge in [-0.15, -0.1) is 0 Å². The molecule has 0 saturated carbocycles. The highest BCUT2D eigenvalue weighted by molar-refractivity contribution is 5.19. The molecule has 1 aromatic heterocycles. The maximum Gasteiger partial charge on any atom is 0.158 e. The van der Waals surface area contributed by atoms with E-state index < -0.39 is 6.10 Å². The zero-order chi connectivity index (χ0) is 13.4. The Labute approximate surface area is 113 Å². The molecule has 104 valence electrons. The largest absolute Gasteiger partial charge is 0.389 e. The standard InChI is InChI=1S/C14H21N3O2/c1-9-12(10(2)18)6-15-14(16-9)13-7-17-5-3-4-11(17)8-19-13/h6,10-11,13,18H,3-5,7-8H2,1-2H3/t10-,11?,13?/m0/s1. The van der Waals surface area contributed by atoms with Crippen molar-refractivity contribution in [2.24, 2.45) is 0 Å². The molecular formula is C14H21N3O2. The predicted octanol–water partition coefficient (Wildman–Crippen LogP) is 1.37. The Morgan fingerprint density at radius 3 is 3.11 bits per heavy atom. The van der Waals surface area contributed by atoms with Gasteiger partial charge in [0.05, 0.1) is 12.7 Å². The Morgan fingerprint density at radius 2 is 2.37 bits per heavy atom. The van der Waals surface area contributed by atoms with Crippen molar-refractivity contribution < 1.29 is 9.84 Å². The van der Waals surface area contributed by atoms with Crippen molar-refractivity contribution in [2.75, 3.05) is 19.7 Å². The van der Waals surface area contributed by atoms with Crippen LogP contribution in [0.1, 0.15) is 49.1 Å². The van der Waals surface area contributed by atoms with E-state index in [9.17, 15) is 5.11 Å². The molecule has 5 nitrogen and oxygen atoms in total. The minimum absolute atomic E-state index is 0.0314. The van der Waals surface area contributed by atoms with Crippen molar-refractivity contribution in [3.8, 4) is 0 Å². The molecular weight excluding hydrogens is 242 g/mol. The van der Waals surface area contributed by atoms with E-state index in [0.29, 0.717) is 6.04 Å². The Balaban J connectivity index is 1.77. The van der Waals surface area contributed by atoms with Crippen LogP contribution in [0.5, 0.6) is 0 Å². The Hall–Kier alpha value is -1.04. The molecule has 0 amide bonds.